The van der Waals surface area contributed by atoms with Crippen molar-refractivity contribution in [2.75, 3.05) is 19.7 Å². The highest BCUT2D eigenvalue weighted by Gasteiger charge is 2.33. The molecule has 0 bridgehead atoms. The quantitative estimate of drug-likeness (QED) is 0.741. The molecule has 17 heavy (non-hydrogen) atoms. The third kappa shape index (κ3) is 2.49. The number of morpholine rings is 1. The Kier molecular flexibility index (Phi) is 3.48. The molecule has 2 unspecified atom stereocenters. The van der Waals surface area contributed by atoms with Gasteiger partial charge in [0.1, 0.15) is 4.90 Å². The summed E-state index contributed by atoms with van der Waals surface area (Å²) in [6.45, 7) is 2.03. The Morgan fingerprint density at radius 3 is 3.00 bits per heavy atom. The van der Waals surface area contributed by atoms with Gasteiger partial charge >= 0.3 is 0 Å². The predicted molar refractivity (Wildman–Crippen MR) is 58.8 cm³/mol. The van der Waals surface area contributed by atoms with E-state index >= 15 is 0 Å². The first kappa shape index (κ1) is 12.5. The van der Waals surface area contributed by atoms with Crippen molar-refractivity contribution in [2.45, 2.75) is 24.0 Å². The number of ether oxygens (including phenoxy) is 1. The fourth-order valence-corrected chi connectivity index (χ4v) is 3.28. The number of aliphatic hydroxyl groups excluding tert-OH is 1. The van der Waals surface area contributed by atoms with Crippen molar-refractivity contribution >= 4 is 10.0 Å². The van der Waals surface area contributed by atoms with Crippen molar-refractivity contribution in [3.8, 4) is 0 Å². The number of nitrogens with zero attached hydrogens (tertiary/aromatic N) is 2. The zero-order valence-electron chi connectivity index (χ0n) is 9.41. The van der Waals surface area contributed by atoms with E-state index in [9.17, 15) is 8.42 Å². The summed E-state index contributed by atoms with van der Waals surface area (Å²) in [6, 6.07) is 0. The highest BCUT2D eigenvalue weighted by molar-refractivity contribution is 7.89. The summed E-state index contributed by atoms with van der Waals surface area (Å²) in [4.78, 5) is 0.128. The largest absolute Gasteiger partial charge is 0.394 e. The fourth-order valence-electron chi connectivity index (χ4n) is 1.83. The highest BCUT2D eigenvalue weighted by atomic mass is 32.2. The van der Waals surface area contributed by atoms with Crippen LogP contribution < -0.4 is 0 Å². The Hall–Kier alpha value is -0.960. The van der Waals surface area contributed by atoms with Gasteiger partial charge in [0.2, 0.25) is 10.0 Å². The minimum absolute atomic E-state index is 0.128. The molecule has 0 aromatic carbocycles. The van der Waals surface area contributed by atoms with Crippen molar-refractivity contribution in [2.24, 2.45) is 0 Å². The van der Waals surface area contributed by atoms with Crippen molar-refractivity contribution in [3.05, 3.63) is 12.4 Å². The molecule has 2 N–H and O–H groups in total. The van der Waals surface area contributed by atoms with Gasteiger partial charge in [-0.2, -0.15) is 9.40 Å². The van der Waals surface area contributed by atoms with E-state index in [1.54, 1.807) is 6.92 Å². The number of aliphatic hydroxyl groups is 1. The van der Waals surface area contributed by atoms with E-state index in [0.717, 1.165) is 0 Å². The van der Waals surface area contributed by atoms with Crippen LogP contribution in [0.25, 0.3) is 0 Å². The van der Waals surface area contributed by atoms with Crippen molar-refractivity contribution in [1.82, 2.24) is 14.5 Å². The second-order valence-electron chi connectivity index (χ2n) is 4.01. The smallest absolute Gasteiger partial charge is 0.246 e. The topological polar surface area (TPSA) is 95.5 Å². The average Bonchev–Trinajstić information content (AvgIpc) is 2.82. The zero-order chi connectivity index (χ0) is 12.5. The number of hydrogen-bond acceptors (Lipinski definition) is 5. The number of aromatic nitrogens is 2. The molecular weight excluding hydrogens is 246 g/mol. The van der Waals surface area contributed by atoms with Crippen LogP contribution in [-0.4, -0.2) is 59.9 Å². The molecule has 2 atom stereocenters. The number of aromatic amines is 1. The van der Waals surface area contributed by atoms with Crippen LogP contribution >= 0.6 is 0 Å². The van der Waals surface area contributed by atoms with E-state index in [0.29, 0.717) is 0 Å². The molecule has 1 aliphatic rings. The van der Waals surface area contributed by atoms with Crippen LogP contribution in [0.15, 0.2) is 17.3 Å². The maximum Gasteiger partial charge on any atom is 0.246 e. The number of sulfonamides is 1. The van der Waals surface area contributed by atoms with E-state index < -0.39 is 16.1 Å². The Balaban J connectivity index is 2.22. The van der Waals surface area contributed by atoms with Crippen LogP contribution in [0.5, 0.6) is 0 Å². The molecule has 1 aromatic heterocycles. The minimum atomic E-state index is -3.55. The molecule has 0 amide bonds. The third-order valence-electron chi connectivity index (χ3n) is 2.61. The van der Waals surface area contributed by atoms with Gasteiger partial charge in [-0.05, 0) is 6.92 Å². The normalized spacial score (nSPS) is 27.2. The van der Waals surface area contributed by atoms with E-state index in [1.807, 2.05) is 0 Å². The summed E-state index contributed by atoms with van der Waals surface area (Å²) in [7, 11) is -3.55. The highest BCUT2D eigenvalue weighted by Crippen LogP contribution is 2.19. The second kappa shape index (κ2) is 4.73. The molecule has 2 rings (SSSR count). The minimum Gasteiger partial charge on any atom is -0.394 e. The molecular formula is C9H15N3O4S. The van der Waals surface area contributed by atoms with Crippen LogP contribution in [0.1, 0.15) is 6.92 Å². The molecule has 1 aliphatic heterocycles. The zero-order valence-corrected chi connectivity index (χ0v) is 10.2. The molecule has 0 saturated carbocycles. The number of rotatable bonds is 3. The maximum atomic E-state index is 12.2. The third-order valence-corrected chi connectivity index (χ3v) is 4.40. The Labute approximate surface area is 99.4 Å². The van der Waals surface area contributed by atoms with Crippen LogP contribution in [-0.2, 0) is 14.8 Å². The van der Waals surface area contributed by atoms with E-state index in [2.05, 4.69) is 10.2 Å². The number of nitrogens with one attached hydrogen (secondary N) is 1. The first-order valence-corrected chi connectivity index (χ1v) is 6.73. The van der Waals surface area contributed by atoms with E-state index in [4.69, 9.17) is 9.84 Å². The molecule has 0 spiro atoms. The first-order valence-electron chi connectivity index (χ1n) is 5.29. The first-order chi connectivity index (χ1) is 8.04. The van der Waals surface area contributed by atoms with Crippen LogP contribution in [0.3, 0.4) is 0 Å². The molecule has 96 valence electrons. The lowest BCUT2D eigenvalue weighted by Gasteiger charge is -2.34. The monoisotopic (exact) mass is 261 g/mol. The maximum absolute atomic E-state index is 12.2. The fraction of sp³-hybridized carbons (Fsp3) is 0.667. The van der Waals surface area contributed by atoms with Gasteiger partial charge in [-0.25, -0.2) is 8.42 Å². The van der Waals surface area contributed by atoms with Crippen LogP contribution in [0, 0.1) is 0 Å². The van der Waals surface area contributed by atoms with Crippen LogP contribution in [0.2, 0.25) is 0 Å². The van der Waals surface area contributed by atoms with Gasteiger partial charge < -0.3 is 9.84 Å². The van der Waals surface area contributed by atoms with Gasteiger partial charge in [0.25, 0.3) is 0 Å². The van der Waals surface area contributed by atoms with Gasteiger partial charge in [-0.3, -0.25) is 5.10 Å². The standard InChI is InChI=1S/C9H15N3O4S/c1-7-4-12(5-8(6-13)16-7)17(14,15)9-2-10-11-3-9/h2-3,7-8,13H,4-6H2,1H3,(H,10,11). The number of H-pyrrole nitrogens is 1. The molecule has 8 heteroatoms. The van der Waals surface area contributed by atoms with Gasteiger partial charge in [-0.1, -0.05) is 0 Å². The number of hydrogen-bond donors (Lipinski definition) is 2. The predicted octanol–water partition coefficient (Wildman–Crippen LogP) is -0.820. The molecule has 2 heterocycles. The van der Waals surface area contributed by atoms with Gasteiger partial charge in [0.05, 0.1) is 25.0 Å². The van der Waals surface area contributed by atoms with Gasteiger partial charge in [-0.15, -0.1) is 0 Å². The molecule has 0 aliphatic carbocycles. The molecule has 1 aromatic rings. The lowest BCUT2D eigenvalue weighted by Crippen LogP contribution is -2.50. The molecule has 1 saturated heterocycles. The average molecular weight is 261 g/mol. The van der Waals surface area contributed by atoms with Crippen molar-refractivity contribution in [3.63, 3.8) is 0 Å². The summed E-state index contributed by atoms with van der Waals surface area (Å²) in [5, 5.41) is 15.2. The second-order valence-corrected chi connectivity index (χ2v) is 5.95. The summed E-state index contributed by atoms with van der Waals surface area (Å²) >= 11 is 0. The lowest BCUT2D eigenvalue weighted by molar-refractivity contribution is -0.0750. The molecule has 1 fully saturated rings. The Bertz CT molecular complexity index is 459. The summed E-state index contributed by atoms with van der Waals surface area (Å²) in [6.07, 6.45) is 1.90. The Morgan fingerprint density at radius 2 is 2.41 bits per heavy atom. The molecule has 0 radical (unpaired) electrons. The van der Waals surface area contributed by atoms with E-state index in [-0.39, 0.29) is 30.7 Å². The van der Waals surface area contributed by atoms with Crippen LogP contribution in [0.4, 0.5) is 0 Å². The summed E-state index contributed by atoms with van der Waals surface area (Å²) in [5.41, 5.74) is 0. The summed E-state index contributed by atoms with van der Waals surface area (Å²) in [5.74, 6) is 0. The van der Waals surface area contributed by atoms with Crippen molar-refractivity contribution < 1.29 is 18.3 Å². The summed E-state index contributed by atoms with van der Waals surface area (Å²) < 4.78 is 31.1. The lowest BCUT2D eigenvalue weighted by atomic mass is 10.2. The SMILES string of the molecule is CC1CN(S(=O)(=O)c2cn[nH]c2)CC(CO)O1. The van der Waals surface area contributed by atoms with Gasteiger partial charge in [0.15, 0.2) is 0 Å². The Morgan fingerprint density at radius 1 is 1.65 bits per heavy atom. The molecule has 7 nitrogen and oxygen atoms in total. The van der Waals surface area contributed by atoms with Gasteiger partial charge in [0, 0.05) is 19.3 Å². The van der Waals surface area contributed by atoms with Crippen molar-refractivity contribution in [1.29, 1.82) is 0 Å². The van der Waals surface area contributed by atoms with E-state index in [1.165, 1.54) is 16.7 Å².